The van der Waals surface area contributed by atoms with E-state index in [0.29, 0.717) is 17.9 Å². The number of rotatable bonds is 8. The summed E-state index contributed by atoms with van der Waals surface area (Å²) < 4.78 is 2.05. The lowest BCUT2D eigenvalue weighted by Crippen LogP contribution is -2.30. The number of anilines is 3. The molecule has 3 aromatic carbocycles. The van der Waals surface area contributed by atoms with Gasteiger partial charge in [-0.2, -0.15) is 0 Å². The van der Waals surface area contributed by atoms with Crippen molar-refractivity contribution in [1.82, 2.24) is 20.3 Å². The van der Waals surface area contributed by atoms with Crippen LogP contribution in [0.3, 0.4) is 0 Å². The maximum absolute atomic E-state index is 12.0. The molecular weight excluding hydrogens is 830 g/mol. The van der Waals surface area contributed by atoms with Gasteiger partial charge in [0, 0.05) is 56.6 Å². The van der Waals surface area contributed by atoms with Crippen LogP contribution in [0.15, 0.2) is 140 Å². The molecule has 9 nitrogen and oxygen atoms in total. The Bertz CT molecular complexity index is 1950. The number of urea groups is 1. The van der Waals surface area contributed by atoms with Gasteiger partial charge in [-0.15, -0.1) is 0 Å². The minimum absolute atomic E-state index is 0.212. The molecule has 0 bridgehead atoms. The number of pyridine rings is 3. The number of nitrogens with one attached hydrogen (secondary N) is 2. The quantitative estimate of drug-likeness (QED) is 0.131. The van der Waals surface area contributed by atoms with Crippen molar-refractivity contribution in [1.29, 1.82) is 0 Å². The van der Waals surface area contributed by atoms with E-state index < -0.39 is 6.09 Å². The number of aromatic nitrogens is 3. The van der Waals surface area contributed by atoms with Gasteiger partial charge in [0.15, 0.2) is 0 Å². The fourth-order valence-electron chi connectivity index (χ4n) is 4.76. The van der Waals surface area contributed by atoms with Crippen LogP contribution in [0, 0.1) is 7.14 Å². The molecule has 0 spiro atoms. The van der Waals surface area contributed by atoms with E-state index >= 15 is 0 Å². The van der Waals surface area contributed by atoms with Crippen LogP contribution in [0.4, 0.5) is 26.7 Å². The van der Waals surface area contributed by atoms with Gasteiger partial charge in [0.1, 0.15) is 0 Å². The zero-order valence-corrected chi connectivity index (χ0v) is 29.8. The lowest BCUT2D eigenvalue weighted by molar-refractivity contribution is 0.205. The van der Waals surface area contributed by atoms with Crippen molar-refractivity contribution in [3.63, 3.8) is 0 Å². The smallest absolute Gasteiger partial charge is 0.416 e. The van der Waals surface area contributed by atoms with Crippen LogP contribution in [0.1, 0.15) is 5.56 Å². The summed E-state index contributed by atoms with van der Waals surface area (Å²) in [6, 6.07) is 32.0. The summed E-state index contributed by atoms with van der Waals surface area (Å²) in [5.74, 6) is 0. The highest BCUT2D eigenvalue weighted by Gasteiger charge is 2.18. The second-order valence-electron chi connectivity index (χ2n) is 10.3. The highest BCUT2D eigenvalue weighted by molar-refractivity contribution is 14.1. The predicted molar refractivity (Wildman–Crippen MR) is 206 cm³/mol. The minimum Gasteiger partial charge on any atom is -0.464 e. The average Bonchev–Trinajstić information content (AvgIpc) is 3.10. The number of carboxylic acid groups (broad SMARTS) is 1. The molecule has 3 amide bonds. The largest absolute Gasteiger partial charge is 0.464 e. The Morgan fingerprint density at radius 3 is 1.85 bits per heavy atom. The van der Waals surface area contributed by atoms with E-state index in [1.54, 1.807) is 49.3 Å². The van der Waals surface area contributed by atoms with Crippen molar-refractivity contribution in [2.75, 3.05) is 16.8 Å². The fourth-order valence-corrected chi connectivity index (χ4v) is 6.39. The zero-order chi connectivity index (χ0) is 33.7. The van der Waals surface area contributed by atoms with Gasteiger partial charge in [0.25, 0.3) is 0 Å². The van der Waals surface area contributed by atoms with Gasteiger partial charge in [0.05, 0.1) is 11.4 Å². The van der Waals surface area contributed by atoms with Crippen molar-refractivity contribution >= 4 is 74.4 Å². The highest BCUT2D eigenvalue weighted by Crippen LogP contribution is 2.32. The van der Waals surface area contributed by atoms with Crippen LogP contribution >= 0.6 is 45.2 Å². The van der Waals surface area contributed by atoms with E-state index in [9.17, 15) is 14.7 Å². The van der Waals surface area contributed by atoms with E-state index in [-0.39, 0.29) is 6.03 Å². The van der Waals surface area contributed by atoms with Gasteiger partial charge in [-0.1, -0.05) is 36.4 Å². The Balaban J connectivity index is 0.000000188. The third-order valence-corrected chi connectivity index (χ3v) is 8.83. The Hall–Kier alpha value is -4.89. The Morgan fingerprint density at radius 2 is 1.29 bits per heavy atom. The number of benzene rings is 3. The van der Waals surface area contributed by atoms with Gasteiger partial charge >= 0.3 is 12.1 Å². The Kier molecular flexibility index (Phi) is 12.4. The molecule has 0 aliphatic heterocycles. The Labute approximate surface area is 305 Å². The molecule has 0 aliphatic carbocycles. The SMILES string of the molecule is O=C(NCCc1cccnc1)Nc1ccc(-c2ccncc2)c(I)c1.O=C(O)N(c1ccccc1)c1ccc(-c2ccncc2)c(I)c1. The standard InChI is InChI=1S/C19H17IN4O.C18H13IN2O2/c20-18-12-16(3-4-17(18)15-6-9-21-10-7-15)24-19(25)23-11-5-14-2-1-8-22-13-14;19-17-12-15(6-7-16(17)13-8-10-20-11-9-13)21(18(22)23)14-4-2-1-3-5-14/h1-4,6-10,12-13H,5,11H2,(H2,23,24,25);1-12H,(H,22,23). The average molecular weight is 860 g/mol. The summed E-state index contributed by atoms with van der Waals surface area (Å²) in [5.41, 5.74) is 7.42. The van der Waals surface area contributed by atoms with Crippen molar-refractivity contribution < 1.29 is 14.7 Å². The number of amides is 3. The third-order valence-electron chi connectivity index (χ3n) is 7.05. The lowest BCUT2D eigenvalue weighted by atomic mass is 10.1. The van der Waals surface area contributed by atoms with Crippen LogP contribution in [-0.2, 0) is 6.42 Å². The number of para-hydroxylation sites is 1. The molecule has 3 N–H and O–H groups in total. The first-order valence-corrected chi connectivity index (χ1v) is 17.0. The number of hydrogen-bond acceptors (Lipinski definition) is 5. The normalized spacial score (nSPS) is 10.3. The molecule has 11 heteroatoms. The summed E-state index contributed by atoms with van der Waals surface area (Å²) in [6.07, 6.45) is 10.3. The van der Waals surface area contributed by atoms with E-state index in [4.69, 9.17) is 0 Å². The second kappa shape index (κ2) is 17.3. The molecule has 3 heterocycles. The van der Waals surface area contributed by atoms with Crippen molar-refractivity contribution in [2.24, 2.45) is 0 Å². The summed E-state index contributed by atoms with van der Waals surface area (Å²) in [7, 11) is 0. The van der Waals surface area contributed by atoms with Crippen LogP contribution < -0.4 is 15.5 Å². The van der Waals surface area contributed by atoms with Crippen LogP contribution in [0.5, 0.6) is 0 Å². The summed E-state index contributed by atoms with van der Waals surface area (Å²) in [5, 5.41) is 15.3. The lowest BCUT2D eigenvalue weighted by Gasteiger charge is -2.20. The predicted octanol–water partition coefficient (Wildman–Crippen LogP) is 9.28. The van der Waals surface area contributed by atoms with Crippen LogP contribution in [-0.4, -0.2) is 38.7 Å². The first-order valence-electron chi connectivity index (χ1n) is 14.8. The van der Waals surface area contributed by atoms with Gasteiger partial charge in [-0.25, -0.2) is 14.5 Å². The fraction of sp³-hybridized carbons (Fsp3) is 0.0541. The molecule has 0 radical (unpaired) electrons. The molecule has 0 saturated carbocycles. The molecule has 0 aliphatic rings. The number of carbonyl (C=O) groups excluding carboxylic acids is 1. The number of hydrogen-bond donors (Lipinski definition) is 3. The molecule has 0 fully saturated rings. The zero-order valence-electron chi connectivity index (χ0n) is 25.5. The van der Waals surface area contributed by atoms with E-state index in [1.807, 2.05) is 91.0 Å². The first-order chi connectivity index (χ1) is 23.4. The van der Waals surface area contributed by atoms with Gasteiger partial charge < -0.3 is 15.7 Å². The molecule has 0 saturated heterocycles. The molecule has 6 aromatic rings. The van der Waals surface area contributed by atoms with Crippen LogP contribution in [0.25, 0.3) is 22.3 Å². The maximum Gasteiger partial charge on any atom is 0.416 e. The number of halogens is 2. The number of nitrogens with zero attached hydrogens (tertiary/aromatic N) is 4. The molecule has 6 rings (SSSR count). The summed E-state index contributed by atoms with van der Waals surface area (Å²) >= 11 is 4.50. The van der Waals surface area contributed by atoms with Crippen LogP contribution in [0.2, 0.25) is 0 Å². The molecular formula is C37H30I2N6O3. The molecule has 3 aromatic heterocycles. The maximum atomic E-state index is 12.0. The molecule has 0 unspecified atom stereocenters. The summed E-state index contributed by atoms with van der Waals surface area (Å²) in [4.78, 5) is 37.1. The monoisotopic (exact) mass is 860 g/mol. The molecule has 48 heavy (non-hydrogen) atoms. The van der Waals surface area contributed by atoms with Gasteiger partial charge in [-0.05, 0) is 146 Å². The highest BCUT2D eigenvalue weighted by atomic mass is 127. The van der Waals surface area contributed by atoms with E-state index in [2.05, 4.69) is 70.8 Å². The second-order valence-corrected chi connectivity index (χ2v) is 12.6. The molecule has 240 valence electrons. The van der Waals surface area contributed by atoms with Crippen molar-refractivity contribution in [3.8, 4) is 22.3 Å². The number of carbonyl (C=O) groups is 2. The van der Waals surface area contributed by atoms with Crippen molar-refractivity contribution in [2.45, 2.75) is 6.42 Å². The summed E-state index contributed by atoms with van der Waals surface area (Å²) in [6.45, 7) is 0.559. The third kappa shape index (κ3) is 9.58. The topological polar surface area (TPSA) is 120 Å². The first kappa shape index (κ1) is 34.4. The van der Waals surface area contributed by atoms with Gasteiger partial charge in [-0.3, -0.25) is 15.0 Å². The Morgan fingerprint density at radius 1 is 0.667 bits per heavy atom. The molecule has 0 atom stereocenters. The van der Waals surface area contributed by atoms with E-state index in [1.165, 1.54) is 4.90 Å². The van der Waals surface area contributed by atoms with Gasteiger partial charge in [0.2, 0.25) is 0 Å². The minimum atomic E-state index is -1.01. The van der Waals surface area contributed by atoms with E-state index in [0.717, 1.165) is 47.1 Å². The van der Waals surface area contributed by atoms with Crippen molar-refractivity contribution in [3.05, 3.63) is 153 Å².